The molecule has 0 saturated heterocycles. The van der Waals surface area contributed by atoms with Gasteiger partial charge in [0.2, 0.25) is 6.29 Å². The minimum Gasteiger partial charge on any atom is -0.504 e. The fourth-order valence-electron chi connectivity index (χ4n) is 1.51. The largest absolute Gasteiger partial charge is 0.504 e. The lowest BCUT2D eigenvalue weighted by Gasteiger charge is -2.12. The summed E-state index contributed by atoms with van der Waals surface area (Å²) in [4.78, 5) is 11.7. The fourth-order valence-corrected chi connectivity index (χ4v) is 1.51. The van der Waals surface area contributed by atoms with E-state index in [0.29, 0.717) is 5.56 Å². The molecular weight excluding hydrogens is 248 g/mol. The van der Waals surface area contributed by atoms with E-state index in [-0.39, 0.29) is 11.3 Å². The molecule has 1 atom stereocenters. The molecule has 5 nitrogen and oxygen atoms in total. The van der Waals surface area contributed by atoms with Crippen LogP contribution in [-0.4, -0.2) is 21.3 Å². The molecule has 2 aromatic carbocycles. The van der Waals surface area contributed by atoms with E-state index >= 15 is 0 Å². The smallest absolute Gasteiger partial charge is 0.340 e. The van der Waals surface area contributed by atoms with E-state index in [2.05, 4.69) is 0 Å². The number of ether oxygens (including phenoxy) is 1. The van der Waals surface area contributed by atoms with Gasteiger partial charge in [0.05, 0.1) is 5.56 Å². The molecule has 0 aromatic heterocycles. The average molecular weight is 260 g/mol. The van der Waals surface area contributed by atoms with Gasteiger partial charge >= 0.3 is 5.97 Å². The Morgan fingerprint density at radius 2 is 1.68 bits per heavy atom. The Morgan fingerprint density at radius 1 is 1.00 bits per heavy atom. The number of hydrogen-bond donors (Lipinski definition) is 3. The first-order valence-corrected chi connectivity index (χ1v) is 5.54. The summed E-state index contributed by atoms with van der Waals surface area (Å²) in [6, 6.07) is 11.9. The fraction of sp³-hybridized carbons (Fsp3) is 0.0714. The van der Waals surface area contributed by atoms with Gasteiger partial charge < -0.3 is 20.1 Å². The van der Waals surface area contributed by atoms with Crippen molar-refractivity contribution in [3.63, 3.8) is 0 Å². The number of aliphatic hydroxyl groups is 1. The van der Waals surface area contributed by atoms with Crippen molar-refractivity contribution in [2.75, 3.05) is 0 Å². The van der Waals surface area contributed by atoms with Crippen LogP contribution in [0.3, 0.4) is 0 Å². The SMILES string of the molecule is O=C(OC(O)c1ccccc1)c1ccc(O)c(O)c1. The van der Waals surface area contributed by atoms with Crippen molar-refractivity contribution in [2.24, 2.45) is 0 Å². The zero-order valence-electron chi connectivity index (χ0n) is 9.85. The summed E-state index contributed by atoms with van der Waals surface area (Å²) in [5, 5.41) is 28.1. The van der Waals surface area contributed by atoms with Crippen LogP contribution in [0.2, 0.25) is 0 Å². The van der Waals surface area contributed by atoms with Crippen molar-refractivity contribution in [2.45, 2.75) is 6.29 Å². The van der Waals surface area contributed by atoms with Crippen molar-refractivity contribution >= 4 is 5.97 Å². The molecule has 0 aliphatic heterocycles. The van der Waals surface area contributed by atoms with Crippen LogP contribution in [0.1, 0.15) is 22.2 Å². The van der Waals surface area contributed by atoms with Gasteiger partial charge in [0.25, 0.3) is 0 Å². The Balaban J connectivity index is 2.11. The number of phenols is 2. The van der Waals surface area contributed by atoms with Crippen LogP contribution in [0, 0.1) is 0 Å². The van der Waals surface area contributed by atoms with Crippen LogP contribution in [0.5, 0.6) is 11.5 Å². The second-order valence-corrected chi connectivity index (χ2v) is 3.87. The van der Waals surface area contributed by atoms with E-state index in [9.17, 15) is 15.0 Å². The maximum absolute atomic E-state index is 11.7. The third-order valence-electron chi connectivity index (χ3n) is 2.51. The minimum atomic E-state index is -1.38. The maximum Gasteiger partial charge on any atom is 0.340 e. The number of benzene rings is 2. The van der Waals surface area contributed by atoms with Crippen molar-refractivity contribution in [3.8, 4) is 11.5 Å². The number of rotatable bonds is 3. The lowest BCUT2D eigenvalue weighted by molar-refractivity contribution is -0.0671. The predicted octanol–water partition coefficient (Wildman–Crippen LogP) is 1.95. The summed E-state index contributed by atoms with van der Waals surface area (Å²) >= 11 is 0. The number of carbonyl (C=O) groups excluding carboxylic acids is 1. The third-order valence-corrected chi connectivity index (χ3v) is 2.51. The van der Waals surface area contributed by atoms with Crippen LogP contribution in [0.15, 0.2) is 48.5 Å². The number of esters is 1. The number of aromatic hydroxyl groups is 2. The molecule has 19 heavy (non-hydrogen) atoms. The second kappa shape index (κ2) is 5.41. The van der Waals surface area contributed by atoms with Crippen LogP contribution in [-0.2, 0) is 4.74 Å². The van der Waals surface area contributed by atoms with Crippen LogP contribution in [0.4, 0.5) is 0 Å². The lowest BCUT2D eigenvalue weighted by Crippen LogP contribution is -2.11. The Labute approximate surface area is 109 Å². The molecule has 98 valence electrons. The van der Waals surface area contributed by atoms with E-state index in [1.54, 1.807) is 30.3 Å². The molecule has 0 amide bonds. The molecule has 0 radical (unpaired) electrons. The van der Waals surface area contributed by atoms with Gasteiger partial charge in [0.1, 0.15) is 0 Å². The van der Waals surface area contributed by atoms with Gasteiger partial charge in [-0.25, -0.2) is 4.79 Å². The first kappa shape index (κ1) is 12.9. The summed E-state index contributed by atoms with van der Waals surface area (Å²) in [6.07, 6.45) is -1.38. The van der Waals surface area contributed by atoms with Crippen LogP contribution < -0.4 is 0 Å². The summed E-state index contributed by atoms with van der Waals surface area (Å²) in [5.41, 5.74) is 0.476. The normalized spacial score (nSPS) is 11.8. The Kier molecular flexibility index (Phi) is 3.68. The molecule has 5 heteroatoms. The molecule has 0 fully saturated rings. The van der Waals surface area contributed by atoms with Gasteiger partial charge in [-0.05, 0) is 18.2 Å². The Hall–Kier alpha value is -2.53. The van der Waals surface area contributed by atoms with Gasteiger partial charge in [-0.15, -0.1) is 0 Å². The molecule has 2 rings (SSSR count). The highest BCUT2D eigenvalue weighted by Gasteiger charge is 2.16. The summed E-state index contributed by atoms with van der Waals surface area (Å²) in [5.74, 6) is -1.56. The summed E-state index contributed by atoms with van der Waals surface area (Å²) in [6.45, 7) is 0. The first-order valence-electron chi connectivity index (χ1n) is 5.54. The zero-order valence-corrected chi connectivity index (χ0v) is 9.85. The topological polar surface area (TPSA) is 87.0 Å². The molecule has 0 saturated carbocycles. The monoisotopic (exact) mass is 260 g/mol. The van der Waals surface area contributed by atoms with Crippen molar-refractivity contribution < 1.29 is 24.9 Å². The van der Waals surface area contributed by atoms with Crippen LogP contribution >= 0.6 is 0 Å². The van der Waals surface area contributed by atoms with E-state index < -0.39 is 18.0 Å². The molecule has 0 heterocycles. The Bertz CT molecular complexity index is 580. The molecule has 2 aromatic rings. The zero-order chi connectivity index (χ0) is 13.8. The van der Waals surface area contributed by atoms with Gasteiger partial charge in [-0.1, -0.05) is 30.3 Å². The molecule has 0 aliphatic rings. The lowest BCUT2D eigenvalue weighted by atomic mass is 10.2. The summed E-state index contributed by atoms with van der Waals surface area (Å²) < 4.78 is 4.84. The molecular formula is C14H12O5. The molecule has 0 spiro atoms. The molecule has 1 unspecified atom stereocenters. The predicted molar refractivity (Wildman–Crippen MR) is 66.6 cm³/mol. The molecule has 3 N–H and O–H groups in total. The highest BCUT2D eigenvalue weighted by atomic mass is 16.6. The number of aliphatic hydroxyl groups excluding tert-OH is 1. The standard InChI is InChI=1S/C14H12O5/c15-11-7-6-10(8-12(11)16)14(18)19-13(17)9-4-2-1-3-5-9/h1-8,13,15-17H. The van der Waals surface area contributed by atoms with Gasteiger partial charge in [0.15, 0.2) is 11.5 Å². The number of phenolic OH excluding ortho intramolecular Hbond substituents is 2. The van der Waals surface area contributed by atoms with Crippen molar-refractivity contribution in [1.29, 1.82) is 0 Å². The maximum atomic E-state index is 11.7. The highest BCUT2D eigenvalue weighted by Crippen LogP contribution is 2.26. The van der Waals surface area contributed by atoms with Gasteiger partial charge in [0, 0.05) is 5.56 Å². The summed E-state index contributed by atoms with van der Waals surface area (Å²) in [7, 11) is 0. The van der Waals surface area contributed by atoms with Gasteiger partial charge in [-0.2, -0.15) is 0 Å². The molecule has 0 bridgehead atoms. The third kappa shape index (κ3) is 3.02. The van der Waals surface area contributed by atoms with Gasteiger partial charge in [-0.3, -0.25) is 0 Å². The minimum absolute atomic E-state index is 0.0327. The van der Waals surface area contributed by atoms with Crippen molar-refractivity contribution in [3.05, 3.63) is 59.7 Å². The Morgan fingerprint density at radius 3 is 2.32 bits per heavy atom. The molecule has 0 aliphatic carbocycles. The van der Waals surface area contributed by atoms with Crippen LogP contribution in [0.25, 0.3) is 0 Å². The number of carbonyl (C=O) groups is 1. The van der Waals surface area contributed by atoms with E-state index in [1.165, 1.54) is 12.1 Å². The van der Waals surface area contributed by atoms with E-state index in [1.807, 2.05) is 0 Å². The average Bonchev–Trinajstić information content (AvgIpc) is 2.42. The first-order chi connectivity index (χ1) is 9.08. The highest BCUT2D eigenvalue weighted by molar-refractivity contribution is 5.90. The second-order valence-electron chi connectivity index (χ2n) is 3.87. The van der Waals surface area contributed by atoms with E-state index in [4.69, 9.17) is 9.84 Å². The number of hydrogen-bond acceptors (Lipinski definition) is 5. The quantitative estimate of drug-likeness (QED) is 0.446. The van der Waals surface area contributed by atoms with Crippen molar-refractivity contribution in [1.82, 2.24) is 0 Å². The van der Waals surface area contributed by atoms with E-state index in [0.717, 1.165) is 6.07 Å².